The van der Waals surface area contributed by atoms with E-state index in [1.54, 1.807) is 6.07 Å². The fourth-order valence-corrected chi connectivity index (χ4v) is 2.56. The number of aryl methyl sites for hydroxylation is 1. The number of phenolic OH excluding ortho intramolecular Hbond substituents is 1. The third kappa shape index (κ3) is 8.22. The minimum Gasteiger partial charge on any atom is -0.508 e. The Bertz CT molecular complexity index is 513. The van der Waals surface area contributed by atoms with Crippen LogP contribution in [0.25, 0.3) is 0 Å². The highest BCUT2D eigenvalue weighted by Gasteiger charge is 2.25. The predicted molar refractivity (Wildman–Crippen MR) is 86.1 cm³/mol. The molecule has 1 aromatic rings. The number of carbonyl (C=O) groups excluding carboxylic acids is 1. The number of phenols is 1. The van der Waals surface area contributed by atoms with Gasteiger partial charge in [-0.1, -0.05) is 32.1 Å². The smallest absolute Gasteiger partial charge is 0.389 e. The largest absolute Gasteiger partial charge is 0.508 e. The van der Waals surface area contributed by atoms with Gasteiger partial charge in [-0.05, 0) is 43.0 Å². The van der Waals surface area contributed by atoms with Crippen molar-refractivity contribution in [3.05, 3.63) is 29.3 Å². The van der Waals surface area contributed by atoms with Crippen LogP contribution in [-0.4, -0.2) is 24.4 Å². The van der Waals surface area contributed by atoms with Crippen LogP contribution in [-0.2, 0) is 11.2 Å². The Hall–Kier alpha value is -1.72. The molecule has 0 bridgehead atoms. The zero-order valence-corrected chi connectivity index (χ0v) is 14.0. The molecule has 1 N–H and O–H groups in total. The molecular weight excluding hydrogens is 321 g/mol. The quantitative estimate of drug-likeness (QED) is 0.455. The van der Waals surface area contributed by atoms with Gasteiger partial charge in [-0.25, -0.2) is 4.79 Å². The summed E-state index contributed by atoms with van der Waals surface area (Å²) in [6.07, 6.45) is 1.25. The number of methoxy groups -OCH3 is 1. The van der Waals surface area contributed by atoms with E-state index in [0.29, 0.717) is 24.0 Å². The number of halogens is 3. The van der Waals surface area contributed by atoms with Gasteiger partial charge in [-0.3, -0.25) is 0 Å². The molecule has 1 rings (SSSR count). The standard InChI is InChI=1S/C18H25F3O3/c1-24-17(23)15-10-11-16(22)14(13-15)9-7-5-3-2-4-6-8-12-18(19,20)21/h10-11,13,22H,2-9,12H2,1H3. The average molecular weight is 346 g/mol. The second kappa shape index (κ2) is 10.2. The molecule has 0 heterocycles. The van der Waals surface area contributed by atoms with Gasteiger partial charge in [0, 0.05) is 6.42 Å². The van der Waals surface area contributed by atoms with Crippen LogP contribution in [0.4, 0.5) is 13.2 Å². The summed E-state index contributed by atoms with van der Waals surface area (Å²) in [6, 6.07) is 4.64. The van der Waals surface area contributed by atoms with Gasteiger partial charge in [0.05, 0.1) is 12.7 Å². The van der Waals surface area contributed by atoms with E-state index >= 15 is 0 Å². The van der Waals surface area contributed by atoms with Gasteiger partial charge in [0.15, 0.2) is 0 Å². The van der Waals surface area contributed by atoms with E-state index in [1.165, 1.54) is 19.2 Å². The number of esters is 1. The van der Waals surface area contributed by atoms with Gasteiger partial charge in [0.1, 0.15) is 5.75 Å². The topological polar surface area (TPSA) is 46.5 Å². The normalized spacial score (nSPS) is 11.5. The third-order valence-corrected chi connectivity index (χ3v) is 3.91. The number of hydrogen-bond acceptors (Lipinski definition) is 3. The summed E-state index contributed by atoms with van der Waals surface area (Å²) < 4.78 is 40.6. The highest BCUT2D eigenvalue weighted by molar-refractivity contribution is 5.89. The molecule has 3 nitrogen and oxygen atoms in total. The molecule has 0 spiro atoms. The number of carbonyl (C=O) groups is 1. The van der Waals surface area contributed by atoms with Crippen LogP contribution in [0.5, 0.6) is 5.75 Å². The van der Waals surface area contributed by atoms with Crippen molar-refractivity contribution >= 4 is 5.97 Å². The van der Waals surface area contributed by atoms with Gasteiger partial charge < -0.3 is 9.84 Å². The summed E-state index contributed by atoms with van der Waals surface area (Å²) in [5, 5.41) is 9.81. The molecule has 24 heavy (non-hydrogen) atoms. The predicted octanol–water partition coefficient (Wildman–Crippen LogP) is 5.40. The number of aromatic hydroxyl groups is 1. The molecule has 6 heteroatoms. The maximum Gasteiger partial charge on any atom is 0.389 e. The molecule has 0 aliphatic carbocycles. The van der Waals surface area contributed by atoms with Gasteiger partial charge in [0.2, 0.25) is 0 Å². The number of ether oxygens (including phenoxy) is 1. The molecule has 0 saturated carbocycles. The van der Waals surface area contributed by atoms with E-state index in [-0.39, 0.29) is 12.2 Å². The summed E-state index contributed by atoms with van der Waals surface area (Å²) in [7, 11) is 1.31. The van der Waals surface area contributed by atoms with E-state index in [9.17, 15) is 23.1 Å². The van der Waals surface area contributed by atoms with Gasteiger partial charge in [-0.2, -0.15) is 13.2 Å². The fourth-order valence-electron chi connectivity index (χ4n) is 2.56. The zero-order valence-electron chi connectivity index (χ0n) is 14.0. The third-order valence-electron chi connectivity index (χ3n) is 3.91. The Balaban J connectivity index is 2.18. The monoisotopic (exact) mass is 346 g/mol. The number of hydrogen-bond donors (Lipinski definition) is 1. The number of unbranched alkanes of at least 4 members (excludes halogenated alkanes) is 6. The first-order chi connectivity index (χ1) is 11.3. The van der Waals surface area contributed by atoms with E-state index in [4.69, 9.17) is 0 Å². The second-order valence-corrected chi connectivity index (χ2v) is 5.93. The molecule has 0 unspecified atom stereocenters. The first kappa shape index (κ1) is 20.3. The second-order valence-electron chi connectivity index (χ2n) is 5.93. The maximum absolute atomic E-state index is 12.0. The minimum absolute atomic E-state index is 0.162. The van der Waals surface area contributed by atoms with Crippen LogP contribution in [0, 0.1) is 0 Å². The molecule has 0 aliphatic rings. The fraction of sp³-hybridized carbons (Fsp3) is 0.611. The lowest BCUT2D eigenvalue weighted by atomic mass is 10.0. The highest BCUT2D eigenvalue weighted by atomic mass is 19.4. The molecule has 1 aromatic carbocycles. The zero-order chi connectivity index (χ0) is 18.0. The molecule has 0 radical (unpaired) electrons. The summed E-state index contributed by atoms with van der Waals surface area (Å²) in [5.41, 5.74) is 1.12. The molecule has 0 amide bonds. The van der Waals surface area contributed by atoms with E-state index in [2.05, 4.69) is 4.74 Å². The number of rotatable bonds is 10. The SMILES string of the molecule is COC(=O)c1ccc(O)c(CCCCCCCCCC(F)(F)F)c1. The molecule has 136 valence electrons. The molecule has 0 saturated heterocycles. The van der Waals surface area contributed by atoms with Crippen molar-refractivity contribution in [1.29, 1.82) is 0 Å². The van der Waals surface area contributed by atoms with Crippen LogP contribution < -0.4 is 0 Å². The van der Waals surface area contributed by atoms with Crippen molar-refractivity contribution in [3.63, 3.8) is 0 Å². The number of alkyl halides is 3. The van der Waals surface area contributed by atoms with Crippen LogP contribution in [0.15, 0.2) is 18.2 Å². The Kier molecular flexibility index (Phi) is 8.65. The maximum atomic E-state index is 12.0. The number of benzene rings is 1. The molecule has 0 aromatic heterocycles. The molecular formula is C18H25F3O3. The first-order valence-electron chi connectivity index (χ1n) is 8.30. The van der Waals surface area contributed by atoms with Crippen LogP contribution in [0.3, 0.4) is 0 Å². The van der Waals surface area contributed by atoms with Crippen molar-refractivity contribution in [2.45, 2.75) is 64.0 Å². The molecule has 0 fully saturated rings. The molecule has 0 aliphatic heterocycles. The lowest BCUT2D eigenvalue weighted by Crippen LogP contribution is -2.06. The van der Waals surface area contributed by atoms with Crippen LogP contribution in [0.2, 0.25) is 0 Å². The summed E-state index contributed by atoms with van der Waals surface area (Å²) in [4.78, 5) is 11.5. The van der Waals surface area contributed by atoms with Gasteiger partial charge in [-0.15, -0.1) is 0 Å². The summed E-state index contributed by atoms with van der Waals surface area (Å²) >= 11 is 0. The van der Waals surface area contributed by atoms with E-state index in [0.717, 1.165) is 32.1 Å². The molecule has 0 atom stereocenters. The lowest BCUT2D eigenvalue weighted by Gasteiger charge is -2.07. The lowest BCUT2D eigenvalue weighted by molar-refractivity contribution is -0.135. The Morgan fingerprint density at radius 3 is 2.21 bits per heavy atom. The Labute approximate surface area is 140 Å². The Morgan fingerprint density at radius 2 is 1.62 bits per heavy atom. The minimum atomic E-state index is -4.04. The first-order valence-corrected chi connectivity index (χ1v) is 8.30. The summed E-state index contributed by atoms with van der Waals surface area (Å²) in [6.45, 7) is 0. The van der Waals surface area contributed by atoms with E-state index < -0.39 is 18.6 Å². The van der Waals surface area contributed by atoms with E-state index in [1.807, 2.05) is 0 Å². The van der Waals surface area contributed by atoms with Gasteiger partial charge in [0.25, 0.3) is 0 Å². The highest BCUT2D eigenvalue weighted by Crippen LogP contribution is 2.24. The van der Waals surface area contributed by atoms with Crippen LogP contribution >= 0.6 is 0 Å². The van der Waals surface area contributed by atoms with Gasteiger partial charge >= 0.3 is 12.1 Å². The van der Waals surface area contributed by atoms with Crippen molar-refractivity contribution < 1.29 is 27.8 Å². The summed E-state index contributed by atoms with van der Waals surface area (Å²) in [5.74, 6) is -0.273. The van der Waals surface area contributed by atoms with Crippen LogP contribution in [0.1, 0.15) is 67.3 Å². The average Bonchev–Trinajstić information content (AvgIpc) is 2.53. The van der Waals surface area contributed by atoms with Crippen molar-refractivity contribution in [2.75, 3.05) is 7.11 Å². The van der Waals surface area contributed by atoms with Crippen molar-refractivity contribution in [1.82, 2.24) is 0 Å². The van der Waals surface area contributed by atoms with Crippen molar-refractivity contribution in [2.24, 2.45) is 0 Å². The van der Waals surface area contributed by atoms with Crippen molar-refractivity contribution in [3.8, 4) is 5.75 Å². The Morgan fingerprint density at radius 1 is 1.04 bits per heavy atom.